The molecule has 82 valence electrons. The van der Waals surface area contributed by atoms with E-state index < -0.39 is 7.73 Å². The van der Waals surface area contributed by atoms with Crippen LogP contribution in [0.5, 0.6) is 11.5 Å². The molecular formula is C12H11ClO2P+. The van der Waals surface area contributed by atoms with E-state index in [-0.39, 0.29) is 0 Å². The minimum absolute atomic E-state index is 0.739. The first-order valence-electron chi connectivity index (χ1n) is 4.80. The first kappa shape index (κ1) is 11.3. The van der Waals surface area contributed by atoms with Crippen molar-refractivity contribution in [2.75, 3.05) is 0 Å². The second-order valence-corrected chi connectivity index (χ2v) is 4.77. The zero-order chi connectivity index (χ0) is 11.2. The van der Waals surface area contributed by atoms with Crippen LogP contribution >= 0.6 is 19.0 Å². The van der Waals surface area contributed by atoms with Crippen LogP contribution in [0.1, 0.15) is 0 Å². The Morgan fingerprint density at radius 3 is 2.06 bits per heavy atom. The number of para-hydroxylation sites is 2. The zero-order valence-electron chi connectivity index (χ0n) is 8.45. The third kappa shape index (κ3) is 3.41. The van der Waals surface area contributed by atoms with Crippen LogP contribution in [0.25, 0.3) is 0 Å². The lowest BCUT2D eigenvalue weighted by atomic mass is 10.3. The summed E-state index contributed by atoms with van der Waals surface area (Å²) in [4.78, 5) is 0. The Bertz CT molecular complexity index is 380. The standard InChI is InChI=1S/C12H10ClO2P/c13-16(14-11-7-3-1-4-8-11)15-12-9-5-2-6-10-12/h1-10H/p+1. The van der Waals surface area contributed by atoms with Crippen molar-refractivity contribution < 1.29 is 9.05 Å². The molecule has 0 fully saturated rings. The monoisotopic (exact) mass is 253 g/mol. The quantitative estimate of drug-likeness (QED) is 0.582. The van der Waals surface area contributed by atoms with Crippen LogP contribution in [0, 0.1) is 0 Å². The number of aromatic hydroxyl groups is 1. The molecule has 0 heterocycles. The highest BCUT2D eigenvalue weighted by Crippen LogP contribution is 2.45. The van der Waals surface area contributed by atoms with E-state index in [0.29, 0.717) is 0 Å². The first-order valence-corrected chi connectivity index (χ1v) is 6.92. The van der Waals surface area contributed by atoms with Gasteiger partial charge in [0.25, 0.3) is 5.75 Å². The molecule has 0 saturated heterocycles. The smallest absolute Gasteiger partial charge is 0.535 e. The Balaban J connectivity index is 1.92. The van der Waals surface area contributed by atoms with E-state index in [9.17, 15) is 0 Å². The second-order valence-electron chi connectivity index (χ2n) is 3.07. The summed E-state index contributed by atoms with van der Waals surface area (Å²) in [5.41, 5.74) is 0. The van der Waals surface area contributed by atoms with Crippen LogP contribution in [0.4, 0.5) is 0 Å². The Morgan fingerprint density at radius 1 is 0.875 bits per heavy atom. The molecule has 16 heavy (non-hydrogen) atoms. The van der Waals surface area contributed by atoms with Gasteiger partial charge >= 0.3 is 7.73 Å². The average molecular weight is 254 g/mol. The van der Waals surface area contributed by atoms with E-state index in [2.05, 4.69) is 4.52 Å². The molecule has 0 aliphatic rings. The summed E-state index contributed by atoms with van der Waals surface area (Å²) >= 11 is 6.03. The molecule has 2 nitrogen and oxygen atoms in total. The maximum atomic E-state index is 6.03. The normalized spacial score (nSPS) is 11.8. The fourth-order valence-electron chi connectivity index (χ4n) is 1.17. The molecule has 0 radical (unpaired) electrons. The maximum absolute atomic E-state index is 6.03. The summed E-state index contributed by atoms with van der Waals surface area (Å²) < 4.78 is 9.74. The lowest BCUT2D eigenvalue weighted by molar-refractivity contribution is 0.288. The van der Waals surface area contributed by atoms with E-state index in [4.69, 9.17) is 15.8 Å². The van der Waals surface area contributed by atoms with Crippen molar-refractivity contribution >= 4 is 19.0 Å². The molecule has 0 saturated carbocycles. The molecular weight excluding hydrogens is 243 g/mol. The molecule has 1 atom stereocenters. The predicted molar refractivity (Wildman–Crippen MR) is 67.9 cm³/mol. The van der Waals surface area contributed by atoms with Gasteiger partial charge < -0.3 is 9.05 Å². The minimum atomic E-state index is -1.34. The van der Waals surface area contributed by atoms with Gasteiger partial charge in [0.2, 0.25) is 0 Å². The third-order valence-electron chi connectivity index (χ3n) is 1.87. The van der Waals surface area contributed by atoms with Crippen LogP contribution in [-0.4, -0.2) is 4.52 Å². The van der Waals surface area contributed by atoms with Crippen LogP contribution in [0.2, 0.25) is 0 Å². The van der Waals surface area contributed by atoms with Gasteiger partial charge in [-0.15, -0.1) is 0 Å². The lowest BCUT2D eigenvalue weighted by Gasteiger charge is -2.07. The van der Waals surface area contributed by atoms with Crippen LogP contribution in [-0.2, 0) is 0 Å². The van der Waals surface area contributed by atoms with Gasteiger partial charge in [0.1, 0.15) is 5.75 Å². The van der Waals surface area contributed by atoms with E-state index in [1.54, 1.807) is 0 Å². The summed E-state index contributed by atoms with van der Waals surface area (Å²) in [7, 11) is -1.34. The number of rotatable bonds is 4. The molecule has 0 amide bonds. The lowest BCUT2D eigenvalue weighted by Crippen LogP contribution is -1.86. The van der Waals surface area contributed by atoms with Crippen LogP contribution < -0.4 is 4.52 Å². The minimum Gasteiger partial charge on any atom is -0.535 e. The van der Waals surface area contributed by atoms with Crippen molar-refractivity contribution in [1.29, 1.82) is 0 Å². The van der Waals surface area contributed by atoms with Gasteiger partial charge in [-0.3, -0.25) is 0 Å². The Labute approximate surface area is 100 Å². The molecule has 0 spiro atoms. The van der Waals surface area contributed by atoms with E-state index in [1.807, 2.05) is 60.7 Å². The molecule has 2 rings (SSSR count). The molecule has 4 heteroatoms. The SMILES string of the molecule is ClP(Oc1ccccc1)[OH+]c1ccccc1. The van der Waals surface area contributed by atoms with Crippen molar-refractivity contribution in [3.05, 3.63) is 60.7 Å². The summed E-state index contributed by atoms with van der Waals surface area (Å²) in [6.45, 7) is 0. The third-order valence-corrected chi connectivity index (χ3v) is 3.06. The molecule has 0 aliphatic carbocycles. The summed E-state index contributed by atoms with van der Waals surface area (Å²) in [5, 5.41) is 0. The highest BCUT2D eigenvalue weighted by atomic mass is 35.7. The number of hydrogen-bond donors (Lipinski definition) is 0. The van der Waals surface area contributed by atoms with Crippen molar-refractivity contribution in [2.45, 2.75) is 0 Å². The van der Waals surface area contributed by atoms with Crippen molar-refractivity contribution in [1.82, 2.24) is 0 Å². The number of benzene rings is 2. The van der Waals surface area contributed by atoms with Crippen molar-refractivity contribution in [3.8, 4) is 11.5 Å². The van der Waals surface area contributed by atoms with Gasteiger partial charge in [-0.05, 0) is 12.1 Å². The molecule has 1 unspecified atom stereocenters. The molecule has 2 aromatic rings. The Kier molecular flexibility index (Phi) is 4.03. The molecule has 0 aliphatic heterocycles. The Morgan fingerprint density at radius 2 is 1.44 bits per heavy atom. The van der Waals surface area contributed by atoms with Gasteiger partial charge in [0.05, 0.1) is 11.2 Å². The molecule has 0 aromatic heterocycles. The highest BCUT2D eigenvalue weighted by molar-refractivity contribution is 7.76. The zero-order valence-corrected chi connectivity index (χ0v) is 10.1. The van der Waals surface area contributed by atoms with Crippen molar-refractivity contribution in [3.63, 3.8) is 0 Å². The number of halogens is 1. The first-order chi connectivity index (χ1) is 7.84. The topological polar surface area (TPSA) is 22.0 Å². The van der Waals surface area contributed by atoms with E-state index in [0.717, 1.165) is 11.5 Å². The summed E-state index contributed by atoms with van der Waals surface area (Å²) in [6, 6.07) is 19.0. The molecule has 0 bridgehead atoms. The maximum Gasteiger partial charge on any atom is 0.588 e. The van der Waals surface area contributed by atoms with E-state index in [1.165, 1.54) is 0 Å². The number of hydrogen-bond acceptors (Lipinski definition) is 1. The molecule has 1 N–H and O–H groups in total. The van der Waals surface area contributed by atoms with Gasteiger partial charge in [-0.2, -0.15) is 0 Å². The van der Waals surface area contributed by atoms with E-state index >= 15 is 0 Å². The van der Waals surface area contributed by atoms with Gasteiger partial charge in [0, 0.05) is 12.1 Å². The fraction of sp³-hybridized carbons (Fsp3) is 0. The summed E-state index contributed by atoms with van der Waals surface area (Å²) in [5.74, 6) is 1.57. The van der Waals surface area contributed by atoms with Crippen LogP contribution in [0.3, 0.4) is 0 Å². The Hall–Kier alpha value is -1.24. The van der Waals surface area contributed by atoms with Gasteiger partial charge in [-0.1, -0.05) is 36.4 Å². The highest BCUT2D eigenvalue weighted by Gasteiger charge is 2.18. The second kappa shape index (κ2) is 5.74. The largest absolute Gasteiger partial charge is 0.588 e. The molecule has 2 aromatic carbocycles. The van der Waals surface area contributed by atoms with Gasteiger partial charge in [0.15, 0.2) is 0 Å². The fourth-order valence-corrected chi connectivity index (χ4v) is 2.33. The average Bonchev–Trinajstić information content (AvgIpc) is 2.31. The predicted octanol–water partition coefficient (Wildman–Crippen LogP) is 4.47. The van der Waals surface area contributed by atoms with Gasteiger partial charge in [-0.25, -0.2) is 0 Å². The van der Waals surface area contributed by atoms with Crippen molar-refractivity contribution in [2.24, 2.45) is 0 Å². The summed E-state index contributed by atoms with van der Waals surface area (Å²) in [6.07, 6.45) is 0. The van der Waals surface area contributed by atoms with Crippen LogP contribution in [0.15, 0.2) is 60.7 Å².